The highest BCUT2D eigenvalue weighted by Gasteiger charge is 2.20. The van der Waals surface area contributed by atoms with Crippen LogP contribution >= 0.6 is 0 Å². The lowest BCUT2D eigenvalue weighted by atomic mass is 9.94. The number of benzene rings is 2. The third kappa shape index (κ3) is 6.76. The van der Waals surface area contributed by atoms with Gasteiger partial charge in [-0.05, 0) is 49.7 Å². The predicted octanol–water partition coefficient (Wildman–Crippen LogP) is 4.26. The second-order valence-electron chi connectivity index (χ2n) is 8.15. The van der Waals surface area contributed by atoms with Crippen LogP contribution in [0.2, 0.25) is 0 Å². The number of aliphatic hydroxyl groups excluding tert-OH is 1. The molecule has 0 heterocycles. The smallest absolute Gasteiger partial charge is 0.130 e. The highest BCUT2D eigenvalue weighted by molar-refractivity contribution is 5.28. The van der Waals surface area contributed by atoms with Gasteiger partial charge in [-0.3, -0.25) is 0 Å². The highest BCUT2D eigenvalue weighted by atomic mass is 19.1. The Labute approximate surface area is 177 Å². The summed E-state index contributed by atoms with van der Waals surface area (Å²) in [6, 6.07) is 11.9. The molecule has 0 aromatic heterocycles. The van der Waals surface area contributed by atoms with Crippen LogP contribution in [-0.4, -0.2) is 42.4 Å². The number of rotatable bonds is 10. The average molecular weight is 419 g/mol. The summed E-state index contributed by atoms with van der Waals surface area (Å²) in [6.45, 7) is 1.39. The van der Waals surface area contributed by atoms with Gasteiger partial charge in [0.15, 0.2) is 0 Å². The molecule has 1 aliphatic rings. The van der Waals surface area contributed by atoms with Crippen molar-refractivity contribution < 1.29 is 18.6 Å². The molecule has 0 amide bonds. The summed E-state index contributed by atoms with van der Waals surface area (Å²) in [6.07, 6.45) is 5.71. The van der Waals surface area contributed by atoms with Gasteiger partial charge >= 0.3 is 0 Å². The Morgan fingerprint density at radius 2 is 1.77 bits per heavy atom. The molecule has 164 valence electrons. The van der Waals surface area contributed by atoms with E-state index in [2.05, 4.69) is 17.3 Å². The van der Waals surface area contributed by atoms with E-state index in [1.54, 1.807) is 0 Å². The van der Waals surface area contributed by atoms with Crippen molar-refractivity contribution in [1.29, 1.82) is 0 Å². The number of halogens is 2. The third-order valence-corrected chi connectivity index (χ3v) is 5.73. The molecule has 2 aromatic rings. The number of nitrogens with zero attached hydrogens (tertiary/aromatic N) is 1. The monoisotopic (exact) mass is 418 g/mol. The highest BCUT2D eigenvalue weighted by Crippen LogP contribution is 2.22. The van der Waals surface area contributed by atoms with Crippen LogP contribution in [0.25, 0.3) is 0 Å². The first-order valence-corrected chi connectivity index (χ1v) is 10.8. The van der Waals surface area contributed by atoms with Crippen LogP contribution in [0.3, 0.4) is 0 Å². The van der Waals surface area contributed by atoms with Gasteiger partial charge in [-0.1, -0.05) is 37.5 Å². The van der Waals surface area contributed by atoms with Gasteiger partial charge in [0.05, 0.1) is 0 Å². The number of hydrogen-bond donors (Lipinski definition) is 2. The molecule has 1 aliphatic carbocycles. The fraction of sp³-hybridized carbons (Fsp3) is 0.500. The Morgan fingerprint density at radius 3 is 2.50 bits per heavy atom. The summed E-state index contributed by atoms with van der Waals surface area (Å²) in [5, 5.41) is 13.4. The quantitative estimate of drug-likeness (QED) is 0.605. The van der Waals surface area contributed by atoms with Crippen LogP contribution in [0.1, 0.15) is 43.2 Å². The molecule has 30 heavy (non-hydrogen) atoms. The SMILES string of the molecule is CN(C[C@H](O)COc1cccc(CNCc2c(F)cccc2F)c1)C1CCCCC1. The molecule has 0 saturated heterocycles. The molecule has 1 saturated carbocycles. The van der Waals surface area contributed by atoms with Gasteiger partial charge in [0.25, 0.3) is 0 Å². The lowest BCUT2D eigenvalue weighted by Gasteiger charge is -2.32. The molecular weight excluding hydrogens is 386 g/mol. The first-order valence-electron chi connectivity index (χ1n) is 10.8. The lowest BCUT2D eigenvalue weighted by Crippen LogP contribution is -2.40. The van der Waals surface area contributed by atoms with Crippen LogP contribution in [0.5, 0.6) is 5.75 Å². The minimum atomic E-state index is -0.553. The maximum Gasteiger partial charge on any atom is 0.130 e. The molecule has 3 rings (SSSR count). The first-order chi connectivity index (χ1) is 14.5. The fourth-order valence-corrected chi connectivity index (χ4v) is 4.03. The summed E-state index contributed by atoms with van der Waals surface area (Å²) in [7, 11) is 2.07. The summed E-state index contributed by atoms with van der Waals surface area (Å²) in [5.74, 6) is -0.427. The standard InChI is InChI=1S/C24H32F2N2O2/c1-28(19-8-3-2-4-9-19)16-20(29)17-30-21-10-5-7-18(13-21)14-27-15-22-23(25)11-6-12-24(22)26/h5-7,10-13,19-20,27,29H,2-4,8-9,14-17H2,1H3/t20-/m0/s1. The lowest BCUT2D eigenvalue weighted by molar-refractivity contribution is 0.0561. The van der Waals surface area contributed by atoms with E-state index in [1.807, 2.05) is 24.3 Å². The van der Waals surface area contributed by atoms with Crippen molar-refractivity contribution >= 4 is 0 Å². The van der Waals surface area contributed by atoms with Crippen molar-refractivity contribution in [1.82, 2.24) is 10.2 Å². The van der Waals surface area contributed by atoms with Crippen LogP contribution in [0, 0.1) is 11.6 Å². The van der Waals surface area contributed by atoms with E-state index >= 15 is 0 Å². The Balaban J connectivity index is 1.43. The van der Waals surface area contributed by atoms with Crippen LogP contribution in [0.15, 0.2) is 42.5 Å². The van der Waals surface area contributed by atoms with Crippen molar-refractivity contribution in [3.8, 4) is 5.75 Å². The summed E-state index contributed by atoms with van der Waals surface area (Å²) in [5.41, 5.74) is 0.980. The number of nitrogens with one attached hydrogen (secondary N) is 1. The van der Waals surface area contributed by atoms with Gasteiger partial charge in [0.1, 0.15) is 30.1 Å². The molecule has 4 nitrogen and oxygen atoms in total. The molecule has 0 spiro atoms. The van der Waals surface area contributed by atoms with Crippen molar-refractivity contribution in [2.45, 2.75) is 57.3 Å². The second kappa shape index (κ2) is 11.4. The van der Waals surface area contributed by atoms with E-state index in [0.29, 0.717) is 24.9 Å². The van der Waals surface area contributed by atoms with E-state index in [1.165, 1.54) is 50.3 Å². The molecule has 1 fully saturated rings. The van der Waals surface area contributed by atoms with E-state index in [0.717, 1.165) is 5.56 Å². The number of aliphatic hydroxyl groups is 1. The van der Waals surface area contributed by atoms with E-state index in [-0.39, 0.29) is 18.7 Å². The second-order valence-corrected chi connectivity index (χ2v) is 8.15. The van der Waals surface area contributed by atoms with Crippen molar-refractivity contribution in [2.24, 2.45) is 0 Å². The van der Waals surface area contributed by atoms with Crippen LogP contribution in [0.4, 0.5) is 8.78 Å². The predicted molar refractivity (Wildman–Crippen MR) is 114 cm³/mol. The number of ether oxygens (including phenoxy) is 1. The number of hydrogen-bond acceptors (Lipinski definition) is 4. The molecule has 0 aliphatic heterocycles. The molecule has 0 bridgehead atoms. The maximum absolute atomic E-state index is 13.7. The zero-order chi connectivity index (χ0) is 21.3. The zero-order valence-electron chi connectivity index (χ0n) is 17.6. The van der Waals surface area contributed by atoms with Gasteiger partial charge in [0, 0.05) is 31.2 Å². The summed E-state index contributed by atoms with van der Waals surface area (Å²) in [4.78, 5) is 2.25. The molecule has 2 aromatic carbocycles. The molecular formula is C24H32F2N2O2. The molecule has 2 N–H and O–H groups in total. The Kier molecular flexibility index (Phi) is 8.61. The summed E-state index contributed by atoms with van der Waals surface area (Å²) < 4.78 is 33.2. The number of likely N-dealkylation sites (N-methyl/N-ethyl adjacent to an activating group) is 1. The van der Waals surface area contributed by atoms with E-state index < -0.39 is 17.7 Å². The topological polar surface area (TPSA) is 44.7 Å². The maximum atomic E-state index is 13.7. The molecule has 1 atom stereocenters. The van der Waals surface area contributed by atoms with Crippen molar-refractivity contribution in [3.05, 3.63) is 65.2 Å². The third-order valence-electron chi connectivity index (χ3n) is 5.73. The minimum absolute atomic E-state index is 0.0371. The van der Waals surface area contributed by atoms with Crippen LogP contribution in [-0.2, 0) is 13.1 Å². The minimum Gasteiger partial charge on any atom is -0.491 e. The van der Waals surface area contributed by atoms with Crippen LogP contribution < -0.4 is 10.1 Å². The zero-order valence-corrected chi connectivity index (χ0v) is 17.6. The Hall–Kier alpha value is -2.02. The van der Waals surface area contributed by atoms with Gasteiger partial charge < -0.3 is 20.1 Å². The largest absolute Gasteiger partial charge is 0.491 e. The van der Waals surface area contributed by atoms with Crippen molar-refractivity contribution in [3.63, 3.8) is 0 Å². The van der Waals surface area contributed by atoms with Gasteiger partial charge in [0.2, 0.25) is 0 Å². The Morgan fingerprint density at radius 1 is 1.07 bits per heavy atom. The van der Waals surface area contributed by atoms with Gasteiger partial charge in [-0.15, -0.1) is 0 Å². The molecule has 0 radical (unpaired) electrons. The van der Waals surface area contributed by atoms with Gasteiger partial charge in [-0.2, -0.15) is 0 Å². The normalized spacial score (nSPS) is 16.0. The van der Waals surface area contributed by atoms with Crippen molar-refractivity contribution in [2.75, 3.05) is 20.2 Å². The molecule has 6 heteroatoms. The van der Waals surface area contributed by atoms with E-state index in [4.69, 9.17) is 4.74 Å². The average Bonchev–Trinajstić information content (AvgIpc) is 2.75. The fourth-order valence-electron chi connectivity index (χ4n) is 4.03. The van der Waals surface area contributed by atoms with E-state index in [9.17, 15) is 13.9 Å². The molecule has 0 unspecified atom stereocenters. The van der Waals surface area contributed by atoms with Gasteiger partial charge in [-0.25, -0.2) is 8.78 Å². The first kappa shape index (κ1) is 22.7. The summed E-state index contributed by atoms with van der Waals surface area (Å²) >= 11 is 0. The Bertz CT molecular complexity index is 776.